The Hall–Kier alpha value is 1.95. The van der Waals surface area contributed by atoms with Gasteiger partial charge < -0.3 is 10.5 Å². The fourth-order valence-corrected chi connectivity index (χ4v) is 0. The summed E-state index contributed by atoms with van der Waals surface area (Å²) in [5.74, 6) is 0. The summed E-state index contributed by atoms with van der Waals surface area (Å²) in [6, 6.07) is 0. The Kier molecular flexibility index (Phi) is 85.2. The van der Waals surface area contributed by atoms with Gasteiger partial charge in [-0.05, 0) is 0 Å². The van der Waals surface area contributed by atoms with Crippen molar-refractivity contribution in [2.45, 2.75) is 0 Å². The van der Waals surface area contributed by atoms with E-state index in [9.17, 15) is 0 Å². The summed E-state index contributed by atoms with van der Waals surface area (Å²) < 4.78 is 0. The first-order valence-corrected chi connectivity index (χ1v) is 0.167. The van der Waals surface area contributed by atoms with Gasteiger partial charge in [-0.25, -0.2) is 0 Å². The van der Waals surface area contributed by atoms with Gasteiger partial charge in [0.2, 0.25) is 0 Å². The van der Waals surface area contributed by atoms with Crippen molar-refractivity contribution in [3.63, 3.8) is 0 Å². The Balaban J connectivity index is -0.00000000500. The van der Waals surface area contributed by atoms with Crippen LogP contribution < -0.4 is 10.5 Å². The molecule has 0 radical (unpaired) electrons. The molecule has 0 rings (SSSR count). The van der Waals surface area contributed by atoms with E-state index in [1.165, 1.54) is 0 Å². The van der Waals surface area contributed by atoms with Crippen LogP contribution in [0.4, 0.5) is 0 Å². The number of hydrogen-bond acceptors (Lipinski definition) is 2. The monoisotopic (exact) mass is 98.0 g/mol. The Morgan fingerprint density at radius 2 is 1.00 bits per heavy atom. The number of hydrogen-bond donors (Lipinski definition) is 0. The van der Waals surface area contributed by atoms with Crippen molar-refractivity contribution in [2.24, 2.45) is 0 Å². The van der Waals surface area contributed by atoms with E-state index in [4.69, 9.17) is 10.5 Å². The molecular weight excluding hydrogens is 96.4 g/mol. The van der Waals surface area contributed by atoms with Crippen LogP contribution in [0.25, 0.3) is 0 Å². The Morgan fingerprint density at radius 3 is 1.00 bits per heavy atom. The summed E-state index contributed by atoms with van der Waals surface area (Å²) in [4.78, 5) is 0. The van der Waals surface area contributed by atoms with Crippen LogP contribution >= 0.6 is 0 Å². The minimum atomic E-state index is 0. The molecule has 0 amide bonds. The zero-order chi connectivity index (χ0) is 2.00. The van der Waals surface area contributed by atoms with Gasteiger partial charge in [0, 0.05) is 0 Å². The molecule has 0 unspecified atom stereocenters. The fourth-order valence-electron chi connectivity index (χ4n) is 0. The maximum Gasteiger partial charge on any atom is 2.00 e. The third-order valence-corrected chi connectivity index (χ3v) is 0. The van der Waals surface area contributed by atoms with Crippen LogP contribution in [0.2, 0.25) is 0 Å². The molecule has 2 nitrogen and oxygen atoms in total. The first-order chi connectivity index (χ1) is 1.00. The van der Waals surface area contributed by atoms with Crippen molar-refractivity contribution in [3.8, 4) is 0 Å². The minimum absolute atomic E-state index is 0. The summed E-state index contributed by atoms with van der Waals surface area (Å²) >= 11 is 0. The van der Waals surface area contributed by atoms with E-state index in [1.54, 1.807) is 0 Å². The van der Waals surface area contributed by atoms with Crippen LogP contribution in [0.15, 0.2) is 0 Å². The average Bonchev–Trinajstić information content (AvgIpc) is 1.00. The van der Waals surface area contributed by atoms with Crippen molar-refractivity contribution >= 4 is 60.8 Å². The van der Waals surface area contributed by atoms with Gasteiger partial charge in [0.15, 0.2) is 0 Å². The Labute approximate surface area is 70.3 Å². The van der Waals surface area contributed by atoms with Crippen molar-refractivity contribution in [3.05, 3.63) is 0 Å². The largest absolute Gasteiger partial charge is 2.00 e. The quantitative estimate of drug-likeness (QED) is 0.178. The molecule has 4 heavy (non-hydrogen) atoms. The molecule has 0 saturated carbocycles. The summed E-state index contributed by atoms with van der Waals surface area (Å²) in [6.07, 6.45) is 0. The van der Waals surface area contributed by atoms with Gasteiger partial charge in [0.1, 0.15) is 0 Å². The maximum absolute atomic E-state index is 7.00. The SMILES string of the molecule is [CaH2].[Mg+2].[O-][O-]. The standard InChI is InChI=1S/Ca.Mg.O2.2H/c;;1-2;;/q;+2;-2;;. The van der Waals surface area contributed by atoms with Crippen molar-refractivity contribution < 1.29 is 10.5 Å². The van der Waals surface area contributed by atoms with Crippen LogP contribution in [-0.2, 0) is 0 Å². The topological polar surface area (TPSA) is 46.1 Å². The molecule has 0 spiro atoms. The van der Waals surface area contributed by atoms with Gasteiger partial charge >= 0.3 is 60.8 Å². The summed E-state index contributed by atoms with van der Waals surface area (Å²) in [7, 11) is 0. The predicted octanol–water partition coefficient (Wildman–Crippen LogP) is -3.68. The van der Waals surface area contributed by atoms with Crippen LogP contribution in [0.5, 0.6) is 0 Å². The molecule has 0 bridgehead atoms. The molecule has 0 N–H and O–H groups in total. The Bertz CT molecular complexity index is 6.00. The summed E-state index contributed by atoms with van der Waals surface area (Å²) in [6.45, 7) is 0. The van der Waals surface area contributed by atoms with Gasteiger partial charge in [0.05, 0.1) is 0 Å². The first-order valence-electron chi connectivity index (χ1n) is 0.167. The third kappa shape index (κ3) is 9.04. The van der Waals surface area contributed by atoms with Crippen molar-refractivity contribution in [2.75, 3.05) is 0 Å². The molecule has 0 saturated heterocycles. The van der Waals surface area contributed by atoms with E-state index in [2.05, 4.69) is 0 Å². The predicted molar refractivity (Wildman–Crippen MR) is 14.3 cm³/mol. The van der Waals surface area contributed by atoms with Crippen LogP contribution in [0, 0.1) is 0 Å². The van der Waals surface area contributed by atoms with E-state index in [1.807, 2.05) is 0 Å². The van der Waals surface area contributed by atoms with Crippen LogP contribution in [0.1, 0.15) is 0 Å². The average molecular weight is 98.4 g/mol. The summed E-state index contributed by atoms with van der Waals surface area (Å²) in [5, 5.41) is 14.0. The molecule has 0 aromatic carbocycles. The second-order valence-corrected chi connectivity index (χ2v) is 0. The molecule has 0 aliphatic rings. The third-order valence-electron chi connectivity index (χ3n) is 0. The van der Waals surface area contributed by atoms with E-state index < -0.39 is 0 Å². The fraction of sp³-hybridized carbons (Fsp3) is 0. The number of rotatable bonds is 0. The van der Waals surface area contributed by atoms with Gasteiger partial charge in [-0.15, -0.1) is 0 Å². The van der Waals surface area contributed by atoms with Gasteiger partial charge in [0.25, 0.3) is 0 Å². The van der Waals surface area contributed by atoms with Crippen molar-refractivity contribution in [1.29, 1.82) is 0 Å². The second kappa shape index (κ2) is 20.3. The van der Waals surface area contributed by atoms with E-state index in [0.717, 1.165) is 0 Å². The second-order valence-electron chi connectivity index (χ2n) is 0. The summed E-state index contributed by atoms with van der Waals surface area (Å²) in [5.41, 5.74) is 0. The van der Waals surface area contributed by atoms with E-state index in [-0.39, 0.29) is 60.8 Å². The van der Waals surface area contributed by atoms with Gasteiger partial charge in [-0.1, -0.05) is 0 Å². The van der Waals surface area contributed by atoms with Crippen molar-refractivity contribution in [1.82, 2.24) is 0 Å². The minimum Gasteiger partial charge on any atom is -1.00 e. The zero-order valence-electron chi connectivity index (χ0n) is 1.52. The molecule has 0 aromatic heterocycles. The molecular formula is H2CaMgO2. The smallest absolute Gasteiger partial charge is 1.00 e. The van der Waals surface area contributed by atoms with E-state index >= 15 is 0 Å². The molecule has 0 aromatic rings. The Morgan fingerprint density at radius 1 is 1.00 bits per heavy atom. The van der Waals surface area contributed by atoms with Crippen LogP contribution in [0.3, 0.4) is 0 Å². The molecule has 0 aliphatic heterocycles. The maximum atomic E-state index is 7.00. The molecule has 0 atom stereocenters. The molecule has 0 heterocycles. The molecule has 0 fully saturated rings. The van der Waals surface area contributed by atoms with Gasteiger partial charge in [-0.3, -0.25) is 0 Å². The normalized spacial score (nSPS) is 1.50. The van der Waals surface area contributed by atoms with E-state index in [0.29, 0.717) is 0 Å². The zero-order valence-corrected chi connectivity index (χ0v) is 2.94. The molecule has 18 valence electrons. The van der Waals surface area contributed by atoms with Crippen LogP contribution in [-0.4, -0.2) is 60.8 Å². The molecule has 4 heteroatoms. The van der Waals surface area contributed by atoms with Gasteiger partial charge in [-0.2, -0.15) is 0 Å². The molecule has 0 aliphatic carbocycles. The first kappa shape index (κ1) is 16.8.